The first-order chi connectivity index (χ1) is 11.7. The molecule has 2 heterocycles. The van der Waals surface area contributed by atoms with Gasteiger partial charge in [-0.15, -0.1) is 0 Å². The lowest BCUT2D eigenvalue weighted by Gasteiger charge is -2.09. The van der Waals surface area contributed by atoms with Crippen molar-refractivity contribution in [1.82, 2.24) is 9.97 Å². The molecule has 0 spiro atoms. The average molecular weight is 339 g/mol. The van der Waals surface area contributed by atoms with Crippen LogP contribution in [0, 0.1) is 0 Å². The van der Waals surface area contributed by atoms with Gasteiger partial charge in [-0.1, -0.05) is 17.7 Å². The second kappa shape index (κ2) is 7.57. The number of anilines is 2. The SMILES string of the molecule is O=C(Nc1cccc(Cl)c1)c1cncc(NCc2ccncc2)c1. The van der Waals surface area contributed by atoms with Crippen LogP contribution in [-0.4, -0.2) is 15.9 Å². The van der Waals surface area contributed by atoms with E-state index in [1.807, 2.05) is 12.1 Å². The molecule has 0 aliphatic carbocycles. The van der Waals surface area contributed by atoms with Gasteiger partial charge in [0.2, 0.25) is 0 Å². The summed E-state index contributed by atoms with van der Waals surface area (Å²) in [6.07, 6.45) is 6.68. The Bertz CT molecular complexity index is 839. The van der Waals surface area contributed by atoms with Gasteiger partial charge < -0.3 is 10.6 Å². The minimum Gasteiger partial charge on any atom is -0.380 e. The van der Waals surface area contributed by atoms with Crippen LogP contribution in [0.5, 0.6) is 0 Å². The van der Waals surface area contributed by atoms with Crippen molar-refractivity contribution in [3.05, 3.63) is 83.4 Å². The Kier molecular flexibility index (Phi) is 5.03. The predicted octanol–water partition coefficient (Wildman–Crippen LogP) is 3.99. The van der Waals surface area contributed by atoms with Gasteiger partial charge >= 0.3 is 0 Å². The van der Waals surface area contributed by atoms with Gasteiger partial charge in [0.15, 0.2) is 0 Å². The fourth-order valence-corrected chi connectivity index (χ4v) is 2.33. The number of amides is 1. The highest BCUT2D eigenvalue weighted by atomic mass is 35.5. The van der Waals surface area contributed by atoms with Gasteiger partial charge in [0.25, 0.3) is 5.91 Å². The van der Waals surface area contributed by atoms with E-state index >= 15 is 0 Å². The lowest BCUT2D eigenvalue weighted by Crippen LogP contribution is -2.12. The zero-order valence-electron chi connectivity index (χ0n) is 12.7. The van der Waals surface area contributed by atoms with Crippen molar-refractivity contribution in [2.75, 3.05) is 10.6 Å². The Morgan fingerprint density at radius 1 is 1.00 bits per heavy atom. The zero-order valence-corrected chi connectivity index (χ0v) is 13.5. The van der Waals surface area contributed by atoms with E-state index in [1.165, 1.54) is 6.20 Å². The molecule has 0 saturated heterocycles. The first-order valence-corrected chi connectivity index (χ1v) is 7.73. The number of nitrogens with zero attached hydrogens (tertiary/aromatic N) is 2. The van der Waals surface area contributed by atoms with Crippen molar-refractivity contribution >= 4 is 28.9 Å². The van der Waals surface area contributed by atoms with E-state index in [1.54, 1.807) is 48.9 Å². The Balaban J connectivity index is 1.67. The van der Waals surface area contributed by atoms with Crippen LogP contribution in [0.1, 0.15) is 15.9 Å². The lowest BCUT2D eigenvalue weighted by atomic mass is 10.2. The standard InChI is InChI=1S/C18H15ClN4O/c19-15-2-1-3-16(9-15)23-18(24)14-8-17(12-21-11-14)22-10-13-4-6-20-7-5-13/h1-9,11-12,22H,10H2,(H,23,24). The predicted molar refractivity (Wildman–Crippen MR) is 95.2 cm³/mol. The van der Waals surface area contributed by atoms with Crippen LogP contribution in [0.25, 0.3) is 0 Å². The maximum absolute atomic E-state index is 12.3. The molecule has 2 aromatic heterocycles. The Hall–Kier alpha value is -2.92. The number of rotatable bonds is 5. The number of pyridine rings is 2. The maximum atomic E-state index is 12.3. The third-order valence-electron chi connectivity index (χ3n) is 3.33. The highest BCUT2D eigenvalue weighted by Gasteiger charge is 2.08. The molecule has 0 fully saturated rings. The second-order valence-electron chi connectivity index (χ2n) is 5.14. The van der Waals surface area contributed by atoms with E-state index < -0.39 is 0 Å². The zero-order chi connectivity index (χ0) is 16.8. The van der Waals surface area contributed by atoms with Gasteiger partial charge in [-0.2, -0.15) is 0 Å². The Labute approximate surface area is 144 Å². The summed E-state index contributed by atoms with van der Waals surface area (Å²) in [5.74, 6) is -0.239. The molecule has 0 radical (unpaired) electrons. The van der Waals surface area contributed by atoms with Crippen LogP contribution in [0.15, 0.2) is 67.3 Å². The summed E-state index contributed by atoms with van der Waals surface area (Å²) < 4.78 is 0. The minimum atomic E-state index is -0.239. The van der Waals surface area contributed by atoms with Crippen molar-refractivity contribution in [3.63, 3.8) is 0 Å². The number of nitrogens with one attached hydrogen (secondary N) is 2. The third-order valence-corrected chi connectivity index (χ3v) is 3.56. The molecule has 1 amide bonds. The first-order valence-electron chi connectivity index (χ1n) is 7.35. The van der Waals surface area contributed by atoms with Gasteiger partial charge in [-0.05, 0) is 42.0 Å². The molecule has 5 nitrogen and oxygen atoms in total. The highest BCUT2D eigenvalue weighted by Crippen LogP contribution is 2.17. The largest absolute Gasteiger partial charge is 0.380 e. The van der Waals surface area contributed by atoms with Crippen molar-refractivity contribution in [2.45, 2.75) is 6.54 Å². The van der Waals surface area contributed by atoms with Gasteiger partial charge in [0.05, 0.1) is 11.3 Å². The summed E-state index contributed by atoms with van der Waals surface area (Å²) in [5.41, 5.74) is 2.97. The third kappa shape index (κ3) is 4.30. The van der Waals surface area contributed by atoms with Crippen LogP contribution >= 0.6 is 11.6 Å². The van der Waals surface area contributed by atoms with Gasteiger partial charge in [0.1, 0.15) is 0 Å². The number of carbonyl (C=O) groups is 1. The summed E-state index contributed by atoms with van der Waals surface area (Å²) in [6, 6.07) is 12.6. The summed E-state index contributed by atoms with van der Waals surface area (Å²) >= 11 is 5.92. The summed E-state index contributed by atoms with van der Waals surface area (Å²) in [6.45, 7) is 0.629. The Morgan fingerprint density at radius 2 is 1.83 bits per heavy atom. The lowest BCUT2D eigenvalue weighted by molar-refractivity contribution is 0.102. The van der Waals surface area contributed by atoms with Crippen LogP contribution in [0.2, 0.25) is 5.02 Å². The average Bonchev–Trinajstić information content (AvgIpc) is 2.61. The van der Waals surface area contributed by atoms with Crippen LogP contribution in [-0.2, 0) is 6.54 Å². The molecule has 0 saturated carbocycles. The number of halogens is 1. The van der Waals surface area contributed by atoms with E-state index in [9.17, 15) is 4.79 Å². The van der Waals surface area contributed by atoms with Crippen LogP contribution in [0.3, 0.4) is 0 Å². The molecule has 0 atom stereocenters. The summed E-state index contributed by atoms with van der Waals surface area (Å²) in [4.78, 5) is 20.4. The van der Waals surface area contributed by atoms with Crippen molar-refractivity contribution in [2.24, 2.45) is 0 Å². The molecule has 0 aliphatic heterocycles. The monoisotopic (exact) mass is 338 g/mol. The van der Waals surface area contributed by atoms with E-state index in [-0.39, 0.29) is 5.91 Å². The molecule has 6 heteroatoms. The van der Waals surface area contributed by atoms with Crippen molar-refractivity contribution < 1.29 is 4.79 Å². The molecule has 3 rings (SSSR count). The number of benzene rings is 1. The highest BCUT2D eigenvalue weighted by molar-refractivity contribution is 6.30. The minimum absolute atomic E-state index is 0.239. The number of aromatic nitrogens is 2. The normalized spacial score (nSPS) is 10.2. The quantitative estimate of drug-likeness (QED) is 0.738. The summed E-state index contributed by atoms with van der Waals surface area (Å²) in [5, 5.41) is 6.61. The molecule has 2 N–H and O–H groups in total. The van der Waals surface area contributed by atoms with Gasteiger partial charge in [0, 0.05) is 42.0 Å². The van der Waals surface area contributed by atoms with E-state index in [0.29, 0.717) is 22.8 Å². The molecule has 0 bridgehead atoms. The van der Waals surface area contributed by atoms with E-state index in [4.69, 9.17) is 11.6 Å². The molecule has 120 valence electrons. The first kappa shape index (κ1) is 16.0. The second-order valence-corrected chi connectivity index (χ2v) is 5.57. The molecular formula is C18H15ClN4O. The fraction of sp³-hybridized carbons (Fsp3) is 0.0556. The topological polar surface area (TPSA) is 66.9 Å². The van der Waals surface area contributed by atoms with E-state index in [0.717, 1.165) is 11.3 Å². The van der Waals surface area contributed by atoms with Gasteiger partial charge in [-0.25, -0.2) is 0 Å². The number of hydrogen-bond acceptors (Lipinski definition) is 4. The van der Waals surface area contributed by atoms with Gasteiger partial charge in [-0.3, -0.25) is 14.8 Å². The number of carbonyl (C=O) groups excluding carboxylic acids is 1. The number of hydrogen-bond donors (Lipinski definition) is 2. The molecule has 24 heavy (non-hydrogen) atoms. The molecule has 1 aromatic carbocycles. The van der Waals surface area contributed by atoms with Crippen LogP contribution < -0.4 is 10.6 Å². The van der Waals surface area contributed by atoms with Crippen LogP contribution in [0.4, 0.5) is 11.4 Å². The molecular weight excluding hydrogens is 324 g/mol. The molecule has 0 unspecified atom stereocenters. The summed E-state index contributed by atoms with van der Waals surface area (Å²) in [7, 11) is 0. The van der Waals surface area contributed by atoms with Crippen molar-refractivity contribution in [1.29, 1.82) is 0 Å². The fourth-order valence-electron chi connectivity index (χ4n) is 2.14. The molecule has 0 aliphatic rings. The molecule has 3 aromatic rings. The smallest absolute Gasteiger partial charge is 0.257 e. The van der Waals surface area contributed by atoms with Crippen molar-refractivity contribution in [3.8, 4) is 0 Å². The van der Waals surface area contributed by atoms with E-state index in [2.05, 4.69) is 20.6 Å². The Morgan fingerprint density at radius 3 is 2.62 bits per heavy atom. The maximum Gasteiger partial charge on any atom is 0.257 e.